The minimum atomic E-state index is -4.30. The number of alkyl halides is 3. The number of halogens is 3. The molecule has 1 fully saturated rings. The van der Waals surface area contributed by atoms with E-state index >= 15 is 0 Å². The lowest BCUT2D eigenvalue weighted by Gasteiger charge is -2.21. The summed E-state index contributed by atoms with van der Waals surface area (Å²) in [5.74, 6) is 0.189. The van der Waals surface area contributed by atoms with Crippen LogP contribution in [0.3, 0.4) is 0 Å². The molecule has 0 unspecified atom stereocenters. The second kappa shape index (κ2) is 4.33. The van der Waals surface area contributed by atoms with Gasteiger partial charge in [0.2, 0.25) is 0 Å². The Balaban J connectivity index is 2.24. The minimum absolute atomic E-state index is 0.189. The van der Waals surface area contributed by atoms with Gasteiger partial charge in [-0.2, -0.15) is 13.2 Å². The van der Waals surface area contributed by atoms with Gasteiger partial charge in [0.15, 0.2) is 5.01 Å². The molecule has 0 radical (unpaired) electrons. The first-order valence-corrected chi connectivity index (χ1v) is 6.05. The molecule has 1 N–H and O–H groups in total. The molecule has 0 aliphatic carbocycles. The Kier molecular flexibility index (Phi) is 3.21. The van der Waals surface area contributed by atoms with Crippen molar-refractivity contribution in [2.75, 3.05) is 13.1 Å². The maximum absolute atomic E-state index is 12.5. The summed E-state index contributed by atoms with van der Waals surface area (Å²) < 4.78 is 37.5. The zero-order chi connectivity index (χ0) is 11.8. The van der Waals surface area contributed by atoms with Crippen LogP contribution < -0.4 is 5.32 Å². The molecule has 2 nitrogen and oxygen atoms in total. The lowest BCUT2D eigenvalue weighted by molar-refractivity contribution is -0.137. The van der Waals surface area contributed by atoms with Gasteiger partial charge in [-0.3, -0.25) is 0 Å². The summed E-state index contributed by atoms with van der Waals surface area (Å²) in [7, 11) is 0. The molecule has 2 heterocycles. The highest BCUT2D eigenvalue weighted by Crippen LogP contribution is 2.37. The molecule has 0 amide bonds. The summed E-state index contributed by atoms with van der Waals surface area (Å²) in [6.45, 7) is 3.45. The van der Waals surface area contributed by atoms with Gasteiger partial charge < -0.3 is 5.32 Å². The van der Waals surface area contributed by atoms with Crippen molar-refractivity contribution >= 4 is 11.3 Å². The van der Waals surface area contributed by atoms with Crippen molar-refractivity contribution in [3.8, 4) is 0 Å². The van der Waals surface area contributed by atoms with E-state index in [0.717, 1.165) is 37.3 Å². The summed E-state index contributed by atoms with van der Waals surface area (Å²) in [6.07, 6.45) is -2.55. The summed E-state index contributed by atoms with van der Waals surface area (Å²) in [6, 6.07) is 0. The minimum Gasteiger partial charge on any atom is -0.317 e. The van der Waals surface area contributed by atoms with Crippen LogP contribution in [-0.2, 0) is 6.18 Å². The molecule has 0 spiro atoms. The van der Waals surface area contributed by atoms with Crippen molar-refractivity contribution < 1.29 is 13.2 Å². The fourth-order valence-electron chi connectivity index (χ4n) is 2.00. The quantitative estimate of drug-likeness (QED) is 0.829. The summed E-state index contributed by atoms with van der Waals surface area (Å²) in [4.78, 5) is 4.48. The van der Waals surface area contributed by atoms with Gasteiger partial charge in [-0.25, -0.2) is 4.98 Å². The first kappa shape index (κ1) is 11.9. The largest absolute Gasteiger partial charge is 0.443 e. The Morgan fingerprint density at radius 3 is 2.44 bits per heavy atom. The summed E-state index contributed by atoms with van der Waals surface area (Å²) in [5.41, 5.74) is 0.652. The highest BCUT2D eigenvalue weighted by Gasteiger charge is 2.36. The molecule has 0 bridgehead atoms. The highest BCUT2D eigenvalue weighted by atomic mass is 32.1. The molecule has 1 aromatic heterocycles. The Labute approximate surface area is 95.9 Å². The van der Waals surface area contributed by atoms with Gasteiger partial charge in [0, 0.05) is 10.8 Å². The van der Waals surface area contributed by atoms with Crippen LogP contribution in [0.4, 0.5) is 13.2 Å². The third kappa shape index (κ3) is 2.38. The number of nitrogens with one attached hydrogen (secondary N) is 1. The molecule has 0 aromatic carbocycles. The molecule has 6 heteroatoms. The fourth-order valence-corrected chi connectivity index (χ4v) is 2.87. The van der Waals surface area contributed by atoms with E-state index in [1.165, 1.54) is 0 Å². The van der Waals surface area contributed by atoms with Gasteiger partial charge in [0.05, 0.1) is 5.69 Å². The van der Waals surface area contributed by atoms with E-state index in [1.54, 1.807) is 6.92 Å². The first-order chi connectivity index (χ1) is 7.48. The van der Waals surface area contributed by atoms with Crippen molar-refractivity contribution in [2.45, 2.75) is 31.9 Å². The highest BCUT2D eigenvalue weighted by molar-refractivity contribution is 7.11. The van der Waals surface area contributed by atoms with Gasteiger partial charge in [-0.05, 0) is 32.9 Å². The monoisotopic (exact) mass is 250 g/mol. The van der Waals surface area contributed by atoms with Crippen LogP contribution in [0, 0.1) is 6.92 Å². The fraction of sp³-hybridized carbons (Fsp3) is 0.700. The maximum atomic E-state index is 12.5. The van der Waals surface area contributed by atoms with Crippen LogP contribution in [-0.4, -0.2) is 18.1 Å². The Morgan fingerprint density at radius 1 is 1.31 bits per heavy atom. The Morgan fingerprint density at radius 2 is 1.94 bits per heavy atom. The number of hydrogen-bond acceptors (Lipinski definition) is 3. The molecule has 0 atom stereocenters. The maximum Gasteiger partial charge on any atom is 0.443 e. The molecule has 1 aromatic rings. The average Bonchev–Trinajstić information content (AvgIpc) is 2.61. The van der Waals surface area contributed by atoms with Crippen molar-refractivity contribution in [1.82, 2.24) is 10.3 Å². The van der Waals surface area contributed by atoms with Crippen LogP contribution >= 0.6 is 11.3 Å². The zero-order valence-electron chi connectivity index (χ0n) is 8.90. The molecule has 1 saturated heterocycles. The second-order valence-electron chi connectivity index (χ2n) is 3.98. The zero-order valence-corrected chi connectivity index (χ0v) is 9.71. The van der Waals surface area contributed by atoms with Crippen LogP contribution in [0.15, 0.2) is 0 Å². The normalized spacial score (nSPS) is 19.0. The third-order valence-electron chi connectivity index (χ3n) is 2.80. The standard InChI is InChI=1S/C10H13F3N2S/c1-6-8(7-2-4-14-5-3-7)15-9(16-6)10(11,12)13/h7,14H,2-5H2,1H3. The van der Waals surface area contributed by atoms with Crippen molar-refractivity contribution in [1.29, 1.82) is 0 Å². The number of aromatic nitrogens is 1. The summed E-state index contributed by atoms with van der Waals surface area (Å²) >= 11 is 0.758. The van der Waals surface area contributed by atoms with E-state index in [2.05, 4.69) is 10.3 Å². The smallest absolute Gasteiger partial charge is 0.317 e. The number of piperidine rings is 1. The van der Waals surface area contributed by atoms with Crippen LogP contribution in [0.25, 0.3) is 0 Å². The third-order valence-corrected chi connectivity index (χ3v) is 3.83. The van der Waals surface area contributed by atoms with E-state index in [4.69, 9.17) is 0 Å². The molecular formula is C10H13F3N2S. The predicted molar refractivity (Wildman–Crippen MR) is 56.7 cm³/mol. The van der Waals surface area contributed by atoms with Crippen LogP contribution in [0.1, 0.15) is 34.3 Å². The van der Waals surface area contributed by atoms with Gasteiger partial charge in [0.1, 0.15) is 0 Å². The van der Waals surface area contributed by atoms with E-state index in [9.17, 15) is 13.2 Å². The summed E-state index contributed by atoms with van der Waals surface area (Å²) in [5, 5.41) is 2.48. The van der Waals surface area contributed by atoms with Crippen molar-refractivity contribution in [3.63, 3.8) is 0 Å². The van der Waals surface area contributed by atoms with E-state index in [0.29, 0.717) is 10.6 Å². The lowest BCUT2D eigenvalue weighted by atomic mass is 9.94. The van der Waals surface area contributed by atoms with Gasteiger partial charge in [-0.1, -0.05) is 0 Å². The topological polar surface area (TPSA) is 24.9 Å². The SMILES string of the molecule is Cc1sc(C(F)(F)F)nc1C1CCNCC1. The molecule has 1 aliphatic rings. The first-order valence-electron chi connectivity index (χ1n) is 5.23. The van der Waals surface area contributed by atoms with E-state index < -0.39 is 11.2 Å². The molecular weight excluding hydrogens is 237 g/mol. The van der Waals surface area contributed by atoms with E-state index in [1.807, 2.05) is 0 Å². The molecule has 1 aliphatic heterocycles. The predicted octanol–water partition coefficient (Wildman–Crippen LogP) is 2.94. The van der Waals surface area contributed by atoms with Gasteiger partial charge in [0.25, 0.3) is 0 Å². The van der Waals surface area contributed by atoms with Crippen LogP contribution in [0.2, 0.25) is 0 Å². The van der Waals surface area contributed by atoms with Crippen LogP contribution in [0.5, 0.6) is 0 Å². The number of rotatable bonds is 1. The molecule has 16 heavy (non-hydrogen) atoms. The lowest BCUT2D eigenvalue weighted by Crippen LogP contribution is -2.27. The number of aryl methyl sites for hydroxylation is 1. The van der Waals surface area contributed by atoms with Gasteiger partial charge >= 0.3 is 6.18 Å². The Bertz CT molecular complexity index is 367. The number of hydrogen-bond donors (Lipinski definition) is 1. The van der Waals surface area contributed by atoms with Crippen molar-refractivity contribution in [3.05, 3.63) is 15.6 Å². The molecule has 2 rings (SSSR count). The Hall–Kier alpha value is -0.620. The van der Waals surface area contributed by atoms with Gasteiger partial charge in [-0.15, -0.1) is 11.3 Å². The van der Waals surface area contributed by atoms with E-state index in [-0.39, 0.29) is 5.92 Å². The number of thiazole rings is 1. The number of nitrogens with zero attached hydrogens (tertiary/aromatic N) is 1. The molecule has 90 valence electrons. The second-order valence-corrected chi connectivity index (χ2v) is 5.19. The van der Waals surface area contributed by atoms with Crippen molar-refractivity contribution in [2.24, 2.45) is 0 Å². The molecule has 0 saturated carbocycles. The average molecular weight is 250 g/mol.